The van der Waals surface area contributed by atoms with Crippen molar-refractivity contribution >= 4 is 29.7 Å². The molecule has 0 aliphatic heterocycles. The van der Waals surface area contributed by atoms with Crippen molar-refractivity contribution in [1.29, 1.82) is 0 Å². The summed E-state index contributed by atoms with van der Waals surface area (Å²) in [7, 11) is 0. The predicted molar refractivity (Wildman–Crippen MR) is 115 cm³/mol. The highest BCUT2D eigenvalue weighted by molar-refractivity contribution is 5.92. The summed E-state index contributed by atoms with van der Waals surface area (Å²) in [5.41, 5.74) is 16.8. The van der Waals surface area contributed by atoms with E-state index in [1.54, 1.807) is 12.1 Å². The molecule has 0 spiro atoms. The Labute approximate surface area is 184 Å². The van der Waals surface area contributed by atoms with Crippen LogP contribution in [0.25, 0.3) is 0 Å². The van der Waals surface area contributed by atoms with Crippen molar-refractivity contribution in [2.24, 2.45) is 22.2 Å². The van der Waals surface area contributed by atoms with Crippen LogP contribution in [-0.4, -0.2) is 71.6 Å². The predicted octanol–water partition coefficient (Wildman–Crippen LogP) is -2.88. The van der Waals surface area contributed by atoms with Crippen molar-refractivity contribution < 1.29 is 29.4 Å². The number of benzene rings is 1. The molecule has 1 aromatic carbocycles. The van der Waals surface area contributed by atoms with E-state index in [0.717, 1.165) is 0 Å². The van der Waals surface area contributed by atoms with E-state index in [0.29, 0.717) is 24.9 Å². The van der Waals surface area contributed by atoms with Gasteiger partial charge < -0.3 is 43.4 Å². The van der Waals surface area contributed by atoms with E-state index in [-0.39, 0.29) is 18.1 Å². The van der Waals surface area contributed by atoms with Crippen LogP contribution in [0.3, 0.4) is 0 Å². The van der Waals surface area contributed by atoms with Crippen molar-refractivity contribution in [2.45, 2.75) is 31.3 Å². The number of carbonyl (C=O) groups excluding carboxylic acids is 3. The van der Waals surface area contributed by atoms with Crippen LogP contribution in [0, 0.1) is 0 Å². The Morgan fingerprint density at radius 2 is 1.62 bits per heavy atom. The van der Waals surface area contributed by atoms with Crippen LogP contribution in [-0.2, 0) is 25.6 Å². The second kappa shape index (κ2) is 13.4. The first-order valence-corrected chi connectivity index (χ1v) is 9.74. The summed E-state index contributed by atoms with van der Waals surface area (Å²) in [6.07, 6.45) is 0.804. The van der Waals surface area contributed by atoms with Gasteiger partial charge in [0.05, 0.1) is 12.6 Å². The fourth-order valence-electron chi connectivity index (χ4n) is 2.56. The fourth-order valence-corrected chi connectivity index (χ4v) is 2.56. The molecule has 0 saturated carbocycles. The Bertz CT molecular complexity index is 824. The topological polar surface area (TPSA) is 235 Å². The second-order valence-corrected chi connectivity index (χ2v) is 6.88. The zero-order valence-corrected chi connectivity index (χ0v) is 17.4. The largest absolute Gasteiger partial charge is 0.508 e. The second-order valence-electron chi connectivity index (χ2n) is 6.88. The number of nitrogens with one attached hydrogen (secondary N) is 3. The lowest BCUT2D eigenvalue weighted by Gasteiger charge is -2.19. The number of carboxylic acid groups (broad SMARTS) is 1. The maximum Gasteiger partial charge on any atom is 0.322 e. The quantitative estimate of drug-likeness (QED) is 0.0871. The van der Waals surface area contributed by atoms with Gasteiger partial charge in [-0.3, -0.25) is 24.2 Å². The summed E-state index contributed by atoms with van der Waals surface area (Å²) in [5.74, 6) is -3.21. The molecule has 0 saturated heterocycles. The van der Waals surface area contributed by atoms with Crippen molar-refractivity contribution in [1.82, 2.24) is 16.0 Å². The molecule has 0 aliphatic carbocycles. The van der Waals surface area contributed by atoms with E-state index < -0.39 is 48.9 Å². The number of aromatic hydroxyl groups is 1. The van der Waals surface area contributed by atoms with Crippen LogP contribution < -0.4 is 33.2 Å². The van der Waals surface area contributed by atoms with Gasteiger partial charge in [-0.2, -0.15) is 0 Å². The van der Waals surface area contributed by atoms with Crippen molar-refractivity contribution in [3.63, 3.8) is 0 Å². The van der Waals surface area contributed by atoms with E-state index in [2.05, 4.69) is 20.9 Å². The van der Waals surface area contributed by atoms with Crippen LogP contribution in [0.5, 0.6) is 5.75 Å². The minimum Gasteiger partial charge on any atom is -0.508 e. The highest BCUT2D eigenvalue weighted by Crippen LogP contribution is 2.11. The Kier molecular flexibility index (Phi) is 11.0. The van der Waals surface area contributed by atoms with Gasteiger partial charge in [0.1, 0.15) is 18.3 Å². The van der Waals surface area contributed by atoms with Crippen LogP contribution >= 0.6 is 0 Å². The molecule has 11 N–H and O–H groups in total. The van der Waals surface area contributed by atoms with Gasteiger partial charge in [0, 0.05) is 13.0 Å². The lowest BCUT2D eigenvalue weighted by atomic mass is 10.0. The number of phenolic OH excluding ortho intramolecular Hbond substituents is 1. The fraction of sp³-hybridized carbons (Fsp3) is 0.421. The molecule has 1 aromatic rings. The molecule has 0 bridgehead atoms. The molecule has 0 unspecified atom stereocenters. The Hall–Kier alpha value is -3.87. The standard InChI is InChI=1S/C19H29N7O6/c20-13(2-1-7-23-19(21)22)17(31)24-9-15(28)26-14(18(32)25-10-16(29)30)8-11-3-5-12(27)6-4-11/h3-6,13-14,27H,1-2,7-10,20H2,(H,24,31)(H,25,32)(H,26,28)(H,29,30)(H4,21,22,23)/t13-,14-/m0/s1. The number of hydrogen-bond acceptors (Lipinski definition) is 7. The summed E-state index contributed by atoms with van der Waals surface area (Å²) in [4.78, 5) is 51.1. The van der Waals surface area contributed by atoms with Crippen LogP contribution in [0.15, 0.2) is 29.3 Å². The van der Waals surface area contributed by atoms with Gasteiger partial charge in [-0.05, 0) is 30.5 Å². The smallest absolute Gasteiger partial charge is 0.322 e. The Morgan fingerprint density at radius 1 is 1.00 bits per heavy atom. The number of aliphatic imine (C=N–C) groups is 1. The van der Waals surface area contributed by atoms with Crippen LogP contribution in [0.2, 0.25) is 0 Å². The molecule has 0 heterocycles. The van der Waals surface area contributed by atoms with Gasteiger partial charge in [0.15, 0.2) is 5.96 Å². The number of nitrogens with two attached hydrogens (primary N) is 3. The van der Waals surface area contributed by atoms with Gasteiger partial charge in [0.25, 0.3) is 0 Å². The van der Waals surface area contributed by atoms with Crippen molar-refractivity contribution in [2.75, 3.05) is 19.6 Å². The van der Waals surface area contributed by atoms with E-state index in [4.69, 9.17) is 22.3 Å². The maximum absolute atomic E-state index is 12.3. The SMILES string of the molecule is NC(N)=NCCC[C@H](N)C(=O)NCC(=O)N[C@@H](Cc1ccc(O)cc1)C(=O)NCC(=O)O. The first-order chi connectivity index (χ1) is 15.1. The lowest BCUT2D eigenvalue weighted by Crippen LogP contribution is -2.52. The Balaban J connectivity index is 2.61. The summed E-state index contributed by atoms with van der Waals surface area (Å²) in [5, 5.41) is 25.1. The summed E-state index contributed by atoms with van der Waals surface area (Å²) < 4.78 is 0. The first kappa shape index (κ1) is 26.2. The van der Waals surface area contributed by atoms with Crippen LogP contribution in [0.1, 0.15) is 18.4 Å². The lowest BCUT2D eigenvalue weighted by molar-refractivity contribution is -0.138. The minimum absolute atomic E-state index is 0.0296. The molecule has 32 heavy (non-hydrogen) atoms. The molecule has 0 aliphatic rings. The van der Waals surface area contributed by atoms with Crippen LogP contribution in [0.4, 0.5) is 0 Å². The van der Waals surface area contributed by atoms with Gasteiger partial charge in [-0.25, -0.2) is 0 Å². The Morgan fingerprint density at radius 3 is 2.22 bits per heavy atom. The maximum atomic E-state index is 12.3. The van der Waals surface area contributed by atoms with E-state index in [1.807, 2.05) is 0 Å². The molecule has 2 atom stereocenters. The first-order valence-electron chi connectivity index (χ1n) is 9.74. The number of amides is 3. The highest BCUT2D eigenvalue weighted by atomic mass is 16.4. The molecule has 1 rings (SSSR count). The zero-order chi connectivity index (χ0) is 24.1. The molecule has 13 nitrogen and oxygen atoms in total. The molecular weight excluding hydrogens is 422 g/mol. The normalized spacial score (nSPS) is 12.2. The number of aliphatic carboxylic acids is 1. The van der Waals surface area contributed by atoms with Gasteiger partial charge >= 0.3 is 5.97 Å². The average molecular weight is 451 g/mol. The average Bonchev–Trinajstić information content (AvgIpc) is 2.73. The highest BCUT2D eigenvalue weighted by Gasteiger charge is 2.22. The summed E-state index contributed by atoms with van der Waals surface area (Å²) >= 11 is 0. The van der Waals surface area contributed by atoms with Crippen molar-refractivity contribution in [3.05, 3.63) is 29.8 Å². The number of hydrogen-bond donors (Lipinski definition) is 8. The number of carboxylic acids is 1. The number of guanidine groups is 1. The third kappa shape index (κ3) is 10.8. The zero-order valence-electron chi connectivity index (χ0n) is 17.4. The molecule has 3 amide bonds. The monoisotopic (exact) mass is 451 g/mol. The molecular formula is C19H29N7O6. The molecule has 0 fully saturated rings. The summed E-state index contributed by atoms with van der Waals surface area (Å²) in [6, 6.07) is 3.97. The number of rotatable bonds is 13. The number of carbonyl (C=O) groups is 4. The van der Waals surface area contributed by atoms with E-state index >= 15 is 0 Å². The van der Waals surface area contributed by atoms with Gasteiger partial charge in [0.2, 0.25) is 17.7 Å². The molecule has 0 aromatic heterocycles. The van der Waals surface area contributed by atoms with Crippen molar-refractivity contribution in [3.8, 4) is 5.75 Å². The van der Waals surface area contributed by atoms with Gasteiger partial charge in [-0.15, -0.1) is 0 Å². The van der Waals surface area contributed by atoms with Gasteiger partial charge in [-0.1, -0.05) is 12.1 Å². The molecule has 13 heteroatoms. The number of phenols is 1. The number of nitrogens with zero attached hydrogens (tertiary/aromatic N) is 1. The molecule has 0 radical (unpaired) electrons. The van der Waals surface area contributed by atoms with E-state index in [1.165, 1.54) is 12.1 Å². The molecule has 176 valence electrons. The summed E-state index contributed by atoms with van der Waals surface area (Å²) in [6.45, 7) is -0.737. The third-order valence-electron chi connectivity index (χ3n) is 4.17. The van der Waals surface area contributed by atoms with E-state index in [9.17, 15) is 24.3 Å². The minimum atomic E-state index is -1.24. The third-order valence-corrected chi connectivity index (χ3v) is 4.17.